The summed E-state index contributed by atoms with van der Waals surface area (Å²) in [6.45, 7) is 7.68. The highest BCUT2D eigenvalue weighted by molar-refractivity contribution is 14.1. The standard InChI is InChI=1S/C26H32IN5O4S/c1-5-35-23-14-18(36-19-12-13-32(4)16-19)10-11-21(23)30-26-28-15-20(27)25(31-26)29-22-8-6-7-9-24(22)37(33,34)17(2)3/h6-11,14-15,17,19H,5,12-13,16H2,1-4H3,(H2,28,29,30,31)/t19-/m0/s1. The molecule has 2 N–H and O–H groups in total. The lowest BCUT2D eigenvalue weighted by molar-refractivity contribution is 0.207. The monoisotopic (exact) mass is 637 g/mol. The average molecular weight is 638 g/mol. The minimum atomic E-state index is -3.48. The highest BCUT2D eigenvalue weighted by atomic mass is 127. The van der Waals surface area contributed by atoms with Gasteiger partial charge in [-0.05, 0) is 81.1 Å². The SMILES string of the molecule is CCOc1cc(O[C@H]2CCN(C)C2)ccc1Nc1ncc(I)c(Nc2ccccc2S(=O)(=O)C(C)C)n1. The third-order valence-corrected chi connectivity index (χ3v) is 8.96. The number of halogens is 1. The number of ether oxygens (including phenoxy) is 2. The van der Waals surface area contributed by atoms with Gasteiger partial charge in [-0.1, -0.05) is 12.1 Å². The van der Waals surface area contributed by atoms with Crippen molar-refractivity contribution in [2.24, 2.45) is 0 Å². The lowest BCUT2D eigenvalue weighted by atomic mass is 10.2. The number of aromatic nitrogens is 2. The largest absolute Gasteiger partial charge is 0.492 e. The van der Waals surface area contributed by atoms with Crippen LogP contribution in [0.4, 0.5) is 23.1 Å². The van der Waals surface area contributed by atoms with Crippen LogP contribution in [-0.4, -0.2) is 61.4 Å². The molecule has 0 unspecified atom stereocenters. The molecule has 0 aliphatic carbocycles. The number of likely N-dealkylation sites (N-methyl/N-ethyl adjacent to an activating group) is 1. The fraction of sp³-hybridized carbons (Fsp3) is 0.385. The first-order chi connectivity index (χ1) is 17.7. The highest BCUT2D eigenvalue weighted by Gasteiger charge is 2.24. The quantitative estimate of drug-likeness (QED) is 0.289. The molecule has 0 saturated carbocycles. The Bertz CT molecular complexity index is 1350. The number of hydrogen-bond donors (Lipinski definition) is 2. The van der Waals surface area contributed by atoms with Crippen molar-refractivity contribution in [2.75, 3.05) is 37.4 Å². The van der Waals surface area contributed by atoms with Gasteiger partial charge in [0.2, 0.25) is 5.95 Å². The fourth-order valence-corrected chi connectivity index (χ4v) is 5.57. The predicted molar refractivity (Wildman–Crippen MR) is 154 cm³/mol. The maximum absolute atomic E-state index is 12.9. The molecule has 2 heterocycles. The summed E-state index contributed by atoms with van der Waals surface area (Å²) in [4.78, 5) is 11.5. The van der Waals surface area contributed by atoms with Crippen LogP contribution in [0.1, 0.15) is 27.2 Å². The zero-order valence-electron chi connectivity index (χ0n) is 21.4. The molecule has 1 aliphatic heterocycles. The van der Waals surface area contributed by atoms with Crippen LogP contribution < -0.4 is 20.1 Å². The summed E-state index contributed by atoms with van der Waals surface area (Å²) in [7, 11) is -1.39. The first-order valence-electron chi connectivity index (χ1n) is 12.2. The molecule has 0 amide bonds. The normalized spacial score (nSPS) is 16.1. The molecule has 1 atom stereocenters. The molecule has 1 saturated heterocycles. The zero-order valence-corrected chi connectivity index (χ0v) is 24.3. The van der Waals surface area contributed by atoms with E-state index in [1.54, 1.807) is 44.3 Å². The van der Waals surface area contributed by atoms with Gasteiger partial charge >= 0.3 is 0 Å². The second kappa shape index (κ2) is 11.8. The van der Waals surface area contributed by atoms with Crippen molar-refractivity contribution in [1.29, 1.82) is 0 Å². The molecule has 0 bridgehead atoms. The van der Waals surface area contributed by atoms with Crippen LogP contribution in [0, 0.1) is 3.57 Å². The first kappa shape index (κ1) is 27.4. The van der Waals surface area contributed by atoms with E-state index in [1.807, 2.05) is 25.1 Å². The van der Waals surface area contributed by atoms with E-state index in [-0.39, 0.29) is 11.0 Å². The minimum Gasteiger partial charge on any atom is -0.492 e. The Labute approximate surface area is 232 Å². The molecule has 11 heteroatoms. The lowest BCUT2D eigenvalue weighted by Crippen LogP contribution is -2.21. The molecular weight excluding hydrogens is 605 g/mol. The summed E-state index contributed by atoms with van der Waals surface area (Å²) in [5.74, 6) is 2.23. The third-order valence-electron chi connectivity index (χ3n) is 5.96. The van der Waals surface area contributed by atoms with Gasteiger partial charge in [0.05, 0.1) is 31.7 Å². The number of nitrogens with one attached hydrogen (secondary N) is 2. The van der Waals surface area contributed by atoms with Crippen LogP contribution in [0.25, 0.3) is 0 Å². The van der Waals surface area contributed by atoms with Crippen molar-refractivity contribution in [3.05, 3.63) is 52.2 Å². The van der Waals surface area contributed by atoms with Gasteiger partial charge in [0, 0.05) is 25.4 Å². The van der Waals surface area contributed by atoms with Gasteiger partial charge in [-0.25, -0.2) is 13.4 Å². The Morgan fingerprint density at radius 3 is 2.65 bits per heavy atom. The third kappa shape index (κ3) is 6.63. The molecule has 1 aromatic heterocycles. The summed E-state index contributed by atoms with van der Waals surface area (Å²) >= 11 is 2.12. The second-order valence-corrected chi connectivity index (χ2v) is 12.7. The van der Waals surface area contributed by atoms with E-state index in [0.717, 1.165) is 28.8 Å². The summed E-state index contributed by atoms with van der Waals surface area (Å²) in [6.07, 6.45) is 2.83. The molecule has 2 aromatic carbocycles. The fourth-order valence-electron chi connectivity index (χ4n) is 3.97. The molecule has 0 spiro atoms. The van der Waals surface area contributed by atoms with Crippen molar-refractivity contribution in [3.8, 4) is 11.5 Å². The molecular formula is C26H32IN5O4S. The highest BCUT2D eigenvalue weighted by Crippen LogP contribution is 2.34. The summed E-state index contributed by atoms with van der Waals surface area (Å²) in [6, 6.07) is 12.5. The number of benzene rings is 2. The van der Waals surface area contributed by atoms with E-state index >= 15 is 0 Å². The number of hydrogen-bond acceptors (Lipinski definition) is 9. The van der Waals surface area contributed by atoms with Gasteiger partial charge in [-0.3, -0.25) is 0 Å². The van der Waals surface area contributed by atoms with Gasteiger partial charge in [-0.2, -0.15) is 4.98 Å². The van der Waals surface area contributed by atoms with Crippen molar-refractivity contribution in [1.82, 2.24) is 14.9 Å². The number of likely N-dealkylation sites (tertiary alicyclic amines) is 1. The molecule has 198 valence electrons. The zero-order chi connectivity index (χ0) is 26.6. The number of rotatable bonds is 10. The number of sulfone groups is 1. The molecule has 1 aliphatic rings. The van der Waals surface area contributed by atoms with Gasteiger partial charge in [0.1, 0.15) is 23.4 Å². The van der Waals surface area contributed by atoms with Gasteiger partial charge in [0.15, 0.2) is 9.84 Å². The lowest BCUT2D eigenvalue weighted by Gasteiger charge is -2.17. The topological polar surface area (TPSA) is 106 Å². The molecule has 0 radical (unpaired) electrons. The average Bonchev–Trinajstić information content (AvgIpc) is 3.27. The summed E-state index contributed by atoms with van der Waals surface area (Å²) in [5.41, 5.74) is 1.17. The van der Waals surface area contributed by atoms with Crippen LogP contribution in [0.15, 0.2) is 53.6 Å². The maximum atomic E-state index is 12.9. The molecule has 9 nitrogen and oxygen atoms in total. The Balaban J connectivity index is 1.57. The molecule has 3 aromatic rings. The summed E-state index contributed by atoms with van der Waals surface area (Å²) in [5, 5.41) is 5.87. The predicted octanol–water partition coefficient (Wildman–Crippen LogP) is 5.23. The number of para-hydroxylation sites is 1. The van der Waals surface area contributed by atoms with Crippen LogP contribution in [-0.2, 0) is 9.84 Å². The first-order valence-corrected chi connectivity index (χ1v) is 14.8. The van der Waals surface area contributed by atoms with Crippen molar-refractivity contribution in [2.45, 2.75) is 43.4 Å². The van der Waals surface area contributed by atoms with Crippen LogP contribution in [0.2, 0.25) is 0 Å². The maximum Gasteiger partial charge on any atom is 0.229 e. The Hall–Kier alpha value is -2.64. The van der Waals surface area contributed by atoms with Crippen LogP contribution in [0.5, 0.6) is 11.5 Å². The molecule has 1 fully saturated rings. The van der Waals surface area contributed by atoms with E-state index in [9.17, 15) is 8.42 Å². The summed E-state index contributed by atoms with van der Waals surface area (Å²) < 4.78 is 38.5. The Morgan fingerprint density at radius 2 is 1.95 bits per heavy atom. The second-order valence-electron chi connectivity index (χ2n) is 9.11. The van der Waals surface area contributed by atoms with Crippen LogP contribution in [0.3, 0.4) is 0 Å². The van der Waals surface area contributed by atoms with Crippen molar-refractivity contribution in [3.63, 3.8) is 0 Å². The molecule has 4 rings (SSSR count). The molecule has 37 heavy (non-hydrogen) atoms. The minimum absolute atomic E-state index is 0.161. The van der Waals surface area contributed by atoms with Gasteiger partial charge in [0.25, 0.3) is 0 Å². The number of anilines is 4. The van der Waals surface area contributed by atoms with Crippen LogP contribution >= 0.6 is 22.6 Å². The van der Waals surface area contributed by atoms with Crippen molar-refractivity contribution >= 4 is 55.6 Å². The smallest absolute Gasteiger partial charge is 0.229 e. The van der Waals surface area contributed by atoms with E-state index in [1.165, 1.54) is 0 Å². The van der Waals surface area contributed by atoms with Crippen molar-refractivity contribution < 1.29 is 17.9 Å². The van der Waals surface area contributed by atoms with E-state index in [0.29, 0.717) is 35.5 Å². The van der Waals surface area contributed by atoms with E-state index in [2.05, 4.69) is 55.1 Å². The van der Waals surface area contributed by atoms with E-state index < -0.39 is 15.1 Å². The Kier molecular flexibility index (Phi) is 8.75. The number of nitrogens with zero attached hydrogens (tertiary/aromatic N) is 3. The Morgan fingerprint density at radius 1 is 1.16 bits per heavy atom. The van der Waals surface area contributed by atoms with E-state index in [4.69, 9.17) is 9.47 Å². The van der Waals surface area contributed by atoms with Gasteiger partial charge < -0.3 is 25.0 Å². The van der Waals surface area contributed by atoms with Gasteiger partial charge in [-0.15, -0.1) is 0 Å².